The van der Waals surface area contributed by atoms with E-state index in [-0.39, 0.29) is 0 Å². The Balaban J connectivity index is 1.61. The summed E-state index contributed by atoms with van der Waals surface area (Å²) in [5.74, 6) is 0.807. The van der Waals surface area contributed by atoms with E-state index in [1.54, 1.807) is 0 Å². The van der Waals surface area contributed by atoms with E-state index in [0.717, 1.165) is 25.6 Å². The SMILES string of the molecule is CC1(C)C(CNCCNc2ccccc2)C1(C)C. The highest BCUT2D eigenvalue weighted by molar-refractivity contribution is 5.42. The molecule has 2 heteroatoms. The van der Waals surface area contributed by atoms with E-state index < -0.39 is 0 Å². The van der Waals surface area contributed by atoms with Crippen LogP contribution in [0.1, 0.15) is 27.7 Å². The number of benzene rings is 1. The van der Waals surface area contributed by atoms with Crippen LogP contribution in [0.5, 0.6) is 0 Å². The molecule has 2 nitrogen and oxygen atoms in total. The maximum absolute atomic E-state index is 3.57. The second kappa shape index (κ2) is 4.93. The first-order valence-corrected chi connectivity index (χ1v) is 6.96. The van der Waals surface area contributed by atoms with Gasteiger partial charge in [0.25, 0.3) is 0 Å². The number of rotatable bonds is 6. The van der Waals surface area contributed by atoms with Crippen LogP contribution in [0.2, 0.25) is 0 Å². The van der Waals surface area contributed by atoms with Crippen molar-refractivity contribution in [3.63, 3.8) is 0 Å². The predicted octanol–water partition coefficient (Wildman–Crippen LogP) is 3.37. The van der Waals surface area contributed by atoms with Gasteiger partial charge in [-0.05, 0) is 35.4 Å². The van der Waals surface area contributed by atoms with Crippen LogP contribution >= 0.6 is 0 Å². The van der Waals surface area contributed by atoms with Crippen LogP contribution < -0.4 is 10.6 Å². The topological polar surface area (TPSA) is 24.1 Å². The number of hydrogen-bond donors (Lipinski definition) is 2. The second-order valence-electron chi connectivity index (χ2n) is 6.49. The van der Waals surface area contributed by atoms with E-state index in [0.29, 0.717) is 10.8 Å². The fourth-order valence-electron chi connectivity index (χ4n) is 2.94. The molecule has 0 amide bonds. The minimum absolute atomic E-state index is 0.493. The Kier molecular flexibility index (Phi) is 3.67. The zero-order valence-corrected chi connectivity index (χ0v) is 12.1. The summed E-state index contributed by atoms with van der Waals surface area (Å²) in [6, 6.07) is 10.4. The Morgan fingerprint density at radius 1 is 0.944 bits per heavy atom. The fourth-order valence-corrected chi connectivity index (χ4v) is 2.94. The van der Waals surface area contributed by atoms with Crippen molar-refractivity contribution < 1.29 is 0 Å². The van der Waals surface area contributed by atoms with Crippen molar-refractivity contribution in [3.05, 3.63) is 30.3 Å². The van der Waals surface area contributed by atoms with Crippen LogP contribution in [0.4, 0.5) is 5.69 Å². The van der Waals surface area contributed by atoms with Crippen molar-refractivity contribution in [2.45, 2.75) is 27.7 Å². The normalized spacial score (nSPS) is 20.7. The lowest BCUT2D eigenvalue weighted by Gasteiger charge is -2.08. The highest BCUT2D eigenvalue weighted by Gasteiger charge is 2.63. The first-order chi connectivity index (χ1) is 8.46. The Hall–Kier alpha value is -1.02. The lowest BCUT2D eigenvalue weighted by Crippen LogP contribution is -2.25. The molecule has 100 valence electrons. The molecule has 1 aromatic carbocycles. The molecular formula is C16H26N2. The van der Waals surface area contributed by atoms with Gasteiger partial charge in [0.05, 0.1) is 0 Å². The Morgan fingerprint density at radius 2 is 1.56 bits per heavy atom. The van der Waals surface area contributed by atoms with Crippen molar-refractivity contribution >= 4 is 5.69 Å². The third-order valence-corrected chi connectivity index (χ3v) is 5.07. The van der Waals surface area contributed by atoms with Crippen molar-refractivity contribution in [3.8, 4) is 0 Å². The van der Waals surface area contributed by atoms with Gasteiger partial charge in [-0.2, -0.15) is 0 Å². The van der Waals surface area contributed by atoms with Gasteiger partial charge >= 0.3 is 0 Å². The molecule has 0 aromatic heterocycles. The van der Waals surface area contributed by atoms with Crippen LogP contribution in [-0.2, 0) is 0 Å². The standard InChI is InChI=1S/C16H26N2/c1-15(2)14(16(15,3)4)12-17-10-11-18-13-8-6-5-7-9-13/h5-9,14,17-18H,10-12H2,1-4H3. The molecule has 1 aliphatic rings. The maximum Gasteiger partial charge on any atom is 0.0340 e. The molecular weight excluding hydrogens is 220 g/mol. The first kappa shape index (κ1) is 13.4. The zero-order valence-electron chi connectivity index (χ0n) is 12.1. The summed E-state index contributed by atoms with van der Waals surface area (Å²) in [5, 5.41) is 6.98. The Morgan fingerprint density at radius 3 is 2.11 bits per heavy atom. The summed E-state index contributed by atoms with van der Waals surface area (Å²) >= 11 is 0. The first-order valence-electron chi connectivity index (χ1n) is 6.96. The lowest BCUT2D eigenvalue weighted by atomic mass is 10.0. The predicted molar refractivity (Wildman–Crippen MR) is 78.9 cm³/mol. The maximum atomic E-state index is 3.57. The molecule has 1 aliphatic carbocycles. The van der Waals surface area contributed by atoms with Crippen LogP contribution in [0.15, 0.2) is 30.3 Å². The second-order valence-corrected chi connectivity index (χ2v) is 6.49. The summed E-state index contributed by atoms with van der Waals surface area (Å²) < 4.78 is 0. The molecule has 0 bridgehead atoms. The number of hydrogen-bond acceptors (Lipinski definition) is 2. The summed E-state index contributed by atoms with van der Waals surface area (Å²) in [6.07, 6.45) is 0. The van der Waals surface area contributed by atoms with Gasteiger partial charge in [0.1, 0.15) is 0 Å². The molecule has 1 fully saturated rings. The molecule has 0 spiro atoms. The Labute approximate surface area is 111 Å². The molecule has 0 atom stereocenters. The molecule has 1 aromatic rings. The highest BCUT2D eigenvalue weighted by atomic mass is 15.0. The highest BCUT2D eigenvalue weighted by Crippen LogP contribution is 2.67. The van der Waals surface area contributed by atoms with Crippen LogP contribution in [0.3, 0.4) is 0 Å². The van der Waals surface area contributed by atoms with Crippen LogP contribution in [0.25, 0.3) is 0 Å². The molecule has 18 heavy (non-hydrogen) atoms. The van der Waals surface area contributed by atoms with Gasteiger partial charge in [-0.25, -0.2) is 0 Å². The minimum Gasteiger partial charge on any atom is -0.384 e. The average Bonchev–Trinajstić information content (AvgIpc) is 2.72. The van der Waals surface area contributed by atoms with E-state index in [2.05, 4.69) is 62.6 Å². The van der Waals surface area contributed by atoms with Crippen LogP contribution in [0, 0.1) is 16.7 Å². The van der Waals surface area contributed by atoms with Gasteiger partial charge in [-0.1, -0.05) is 45.9 Å². The van der Waals surface area contributed by atoms with Gasteiger partial charge < -0.3 is 10.6 Å². The minimum atomic E-state index is 0.493. The van der Waals surface area contributed by atoms with E-state index in [4.69, 9.17) is 0 Å². The zero-order chi connectivity index (χ0) is 13.2. The van der Waals surface area contributed by atoms with Crippen molar-refractivity contribution in [1.29, 1.82) is 0 Å². The molecule has 0 aliphatic heterocycles. The molecule has 2 rings (SSSR count). The largest absolute Gasteiger partial charge is 0.384 e. The number of anilines is 1. The van der Waals surface area contributed by atoms with E-state index in [1.807, 2.05) is 6.07 Å². The third-order valence-electron chi connectivity index (χ3n) is 5.07. The monoisotopic (exact) mass is 246 g/mol. The van der Waals surface area contributed by atoms with E-state index in [9.17, 15) is 0 Å². The summed E-state index contributed by atoms with van der Waals surface area (Å²) in [5.41, 5.74) is 2.19. The van der Waals surface area contributed by atoms with Crippen molar-refractivity contribution in [1.82, 2.24) is 5.32 Å². The number of para-hydroxylation sites is 1. The molecule has 0 heterocycles. The summed E-state index contributed by atoms with van der Waals surface area (Å²) in [6.45, 7) is 12.7. The van der Waals surface area contributed by atoms with Gasteiger partial charge in [0.2, 0.25) is 0 Å². The Bertz CT molecular complexity index is 367. The van der Waals surface area contributed by atoms with Crippen molar-refractivity contribution in [2.75, 3.05) is 25.0 Å². The van der Waals surface area contributed by atoms with E-state index >= 15 is 0 Å². The molecule has 0 unspecified atom stereocenters. The molecule has 0 saturated heterocycles. The van der Waals surface area contributed by atoms with Gasteiger partial charge in [-0.3, -0.25) is 0 Å². The number of nitrogens with one attached hydrogen (secondary N) is 2. The average molecular weight is 246 g/mol. The molecule has 1 saturated carbocycles. The molecule has 0 radical (unpaired) electrons. The van der Waals surface area contributed by atoms with Gasteiger partial charge in [-0.15, -0.1) is 0 Å². The van der Waals surface area contributed by atoms with E-state index in [1.165, 1.54) is 5.69 Å². The smallest absolute Gasteiger partial charge is 0.0340 e. The third kappa shape index (κ3) is 2.54. The molecule has 2 N–H and O–H groups in total. The summed E-state index contributed by atoms with van der Waals surface area (Å²) in [4.78, 5) is 0. The van der Waals surface area contributed by atoms with Gasteiger partial charge in [0, 0.05) is 18.8 Å². The summed E-state index contributed by atoms with van der Waals surface area (Å²) in [7, 11) is 0. The van der Waals surface area contributed by atoms with Crippen molar-refractivity contribution in [2.24, 2.45) is 16.7 Å². The quantitative estimate of drug-likeness (QED) is 0.752. The van der Waals surface area contributed by atoms with Crippen LogP contribution in [-0.4, -0.2) is 19.6 Å². The fraction of sp³-hybridized carbons (Fsp3) is 0.625. The van der Waals surface area contributed by atoms with Gasteiger partial charge in [0.15, 0.2) is 0 Å². The lowest BCUT2D eigenvalue weighted by molar-refractivity contribution is 0.457.